The Hall–Kier alpha value is -1.64. The smallest absolute Gasteiger partial charge is 0.127 e. The van der Waals surface area contributed by atoms with Gasteiger partial charge in [-0.2, -0.15) is 0 Å². The highest BCUT2D eigenvalue weighted by atomic mass is 16.5. The molecule has 0 aliphatic heterocycles. The van der Waals surface area contributed by atoms with Gasteiger partial charge in [-0.15, -0.1) is 0 Å². The number of rotatable bonds is 5. The molecule has 0 aromatic carbocycles. The van der Waals surface area contributed by atoms with E-state index in [1.54, 1.807) is 12.5 Å². The van der Waals surface area contributed by atoms with Gasteiger partial charge in [-0.1, -0.05) is 24.9 Å². The van der Waals surface area contributed by atoms with Crippen molar-refractivity contribution in [2.75, 3.05) is 0 Å². The first kappa shape index (κ1) is 10.9. The summed E-state index contributed by atoms with van der Waals surface area (Å²) >= 11 is 0. The van der Waals surface area contributed by atoms with Crippen LogP contribution >= 0.6 is 0 Å². The van der Waals surface area contributed by atoms with Crippen LogP contribution in [0.4, 0.5) is 0 Å². The summed E-state index contributed by atoms with van der Waals surface area (Å²) in [6.07, 6.45) is 10.0. The minimum absolute atomic E-state index is 0.934. The molecule has 2 aromatic rings. The topological polar surface area (TPSA) is 38.9 Å². The second-order valence-electron chi connectivity index (χ2n) is 3.89. The molecule has 0 fully saturated rings. The van der Waals surface area contributed by atoms with Gasteiger partial charge in [0.05, 0.1) is 0 Å². The van der Waals surface area contributed by atoms with Gasteiger partial charge >= 0.3 is 0 Å². The normalized spacial score (nSPS) is 10.6. The molecule has 0 aliphatic carbocycles. The van der Waals surface area contributed by atoms with E-state index in [1.165, 1.54) is 24.8 Å². The van der Waals surface area contributed by atoms with Crippen molar-refractivity contribution in [2.24, 2.45) is 0 Å². The monoisotopic (exact) mass is 216 g/mol. The van der Waals surface area contributed by atoms with Gasteiger partial charge in [0, 0.05) is 23.5 Å². The highest BCUT2D eigenvalue weighted by Crippen LogP contribution is 2.22. The van der Waals surface area contributed by atoms with Gasteiger partial charge in [-0.3, -0.25) is 4.98 Å². The summed E-state index contributed by atoms with van der Waals surface area (Å²) in [7, 11) is 0. The first-order valence-electron chi connectivity index (χ1n) is 5.75. The fourth-order valence-electron chi connectivity index (χ4n) is 1.74. The number of hydrogen-bond acceptors (Lipinski definition) is 3. The molecule has 0 radical (unpaired) electrons. The molecule has 3 heteroatoms. The summed E-state index contributed by atoms with van der Waals surface area (Å²) in [5, 5.41) is 4.05. The van der Waals surface area contributed by atoms with Crippen LogP contribution in [0.3, 0.4) is 0 Å². The van der Waals surface area contributed by atoms with Crippen molar-refractivity contribution in [1.29, 1.82) is 0 Å². The number of aromatic nitrogens is 2. The molecular formula is C13H16N2O. The Kier molecular flexibility index (Phi) is 3.70. The number of hydrogen-bond donors (Lipinski definition) is 0. The van der Waals surface area contributed by atoms with E-state index in [0.29, 0.717) is 0 Å². The molecular weight excluding hydrogens is 200 g/mol. The summed E-state index contributed by atoms with van der Waals surface area (Å²) in [6, 6.07) is 3.92. The Morgan fingerprint density at radius 1 is 1.31 bits per heavy atom. The molecule has 0 saturated carbocycles. The van der Waals surface area contributed by atoms with E-state index in [1.807, 2.05) is 18.3 Å². The predicted molar refractivity (Wildman–Crippen MR) is 63.0 cm³/mol. The standard InChI is InChI=1S/C13H16N2O/c1-2-3-4-6-12-10-16-15-13(12)11-7-5-8-14-9-11/h5,7-10H,2-4,6H2,1H3. The van der Waals surface area contributed by atoms with Gasteiger partial charge in [0.15, 0.2) is 0 Å². The molecule has 0 amide bonds. The highest BCUT2D eigenvalue weighted by Gasteiger charge is 2.09. The number of unbranched alkanes of at least 4 members (excludes halogenated alkanes) is 2. The third-order valence-electron chi connectivity index (χ3n) is 2.63. The summed E-state index contributed by atoms with van der Waals surface area (Å²) in [5.41, 5.74) is 3.15. The Morgan fingerprint density at radius 2 is 2.25 bits per heavy atom. The molecule has 0 bridgehead atoms. The lowest BCUT2D eigenvalue weighted by Gasteiger charge is -2.00. The Balaban J connectivity index is 2.13. The Bertz CT molecular complexity index is 423. The van der Waals surface area contributed by atoms with Crippen molar-refractivity contribution >= 4 is 0 Å². The maximum Gasteiger partial charge on any atom is 0.127 e. The average Bonchev–Trinajstić information content (AvgIpc) is 2.79. The zero-order valence-corrected chi connectivity index (χ0v) is 9.52. The second-order valence-corrected chi connectivity index (χ2v) is 3.89. The molecule has 0 saturated heterocycles. The molecule has 2 aromatic heterocycles. The number of pyridine rings is 1. The minimum Gasteiger partial charge on any atom is -0.364 e. The quantitative estimate of drug-likeness (QED) is 0.718. The van der Waals surface area contributed by atoms with Crippen LogP contribution in [-0.4, -0.2) is 10.1 Å². The lowest BCUT2D eigenvalue weighted by molar-refractivity contribution is 0.421. The molecule has 16 heavy (non-hydrogen) atoms. The molecule has 0 N–H and O–H groups in total. The van der Waals surface area contributed by atoms with E-state index >= 15 is 0 Å². The molecule has 0 aliphatic rings. The van der Waals surface area contributed by atoms with E-state index in [9.17, 15) is 0 Å². The molecule has 2 rings (SSSR count). The average molecular weight is 216 g/mol. The van der Waals surface area contributed by atoms with E-state index in [4.69, 9.17) is 4.52 Å². The highest BCUT2D eigenvalue weighted by molar-refractivity contribution is 5.60. The van der Waals surface area contributed by atoms with Crippen LogP contribution in [0.25, 0.3) is 11.3 Å². The molecule has 0 atom stereocenters. The van der Waals surface area contributed by atoms with Crippen molar-refractivity contribution in [3.63, 3.8) is 0 Å². The van der Waals surface area contributed by atoms with Gasteiger partial charge in [-0.05, 0) is 25.0 Å². The largest absolute Gasteiger partial charge is 0.364 e. The van der Waals surface area contributed by atoms with Crippen LogP contribution in [0.2, 0.25) is 0 Å². The lowest BCUT2D eigenvalue weighted by Crippen LogP contribution is -1.88. The third-order valence-corrected chi connectivity index (χ3v) is 2.63. The molecule has 3 nitrogen and oxygen atoms in total. The maximum atomic E-state index is 5.05. The fourth-order valence-corrected chi connectivity index (χ4v) is 1.74. The van der Waals surface area contributed by atoms with Crippen LogP contribution in [0, 0.1) is 0 Å². The van der Waals surface area contributed by atoms with Crippen molar-refractivity contribution in [1.82, 2.24) is 10.1 Å². The minimum atomic E-state index is 0.934. The van der Waals surface area contributed by atoms with Gasteiger partial charge in [-0.25, -0.2) is 0 Å². The van der Waals surface area contributed by atoms with E-state index in [2.05, 4.69) is 17.1 Å². The van der Waals surface area contributed by atoms with Crippen molar-refractivity contribution in [3.05, 3.63) is 36.4 Å². The second kappa shape index (κ2) is 5.45. The number of nitrogens with zero attached hydrogens (tertiary/aromatic N) is 2. The number of aryl methyl sites for hydroxylation is 1. The third kappa shape index (κ3) is 2.48. The maximum absolute atomic E-state index is 5.05. The zero-order chi connectivity index (χ0) is 11.2. The predicted octanol–water partition coefficient (Wildman–Crippen LogP) is 3.47. The first-order valence-corrected chi connectivity index (χ1v) is 5.75. The Morgan fingerprint density at radius 3 is 3.00 bits per heavy atom. The van der Waals surface area contributed by atoms with Gasteiger partial charge in [0.2, 0.25) is 0 Å². The van der Waals surface area contributed by atoms with Crippen molar-refractivity contribution < 1.29 is 4.52 Å². The van der Waals surface area contributed by atoms with Crippen LogP contribution in [-0.2, 0) is 6.42 Å². The van der Waals surface area contributed by atoms with Gasteiger partial charge in [0.1, 0.15) is 12.0 Å². The lowest BCUT2D eigenvalue weighted by atomic mass is 10.0. The van der Waals surface area contributed by atoms with Crippen molar-refractivity contribution in [3.8, 4) is 11.3 Å². The molecule has 0 spiro atoms. The van der Waals surface area contributed by atoms with Crippen LogP contribution < -0.4 is 0 Å². The SMILES string of the molecule is CCCCCc1conc1-c1cccnc1. The summed E-state index contributed by atoms with van der Waals surface area (Å²) < 4.78 is 5.05. The van der Waals surface area contributed by atoms with E-state index in [0.717, 1.165) is 17.7 Å². The first-order chi connectivity index (χ1) is 7.92. The summed E-state index contributed by atoms with van der Waals surface area (Å²) in [6.45, 7) is 2.20. The molecule has 84 valence electrons. The fraction of sp³-hybridized carbons (Fsp3) is 0.385. The van der Waals surface area contributed by atoms with Crippen molar-refractivity contribution in [2.45, 2.75) is 32.6 Å². The van der Waals surface area contributed by atoms with Gasteiger partial charge < -0.3 is 4.52 Å². The van der Waals surface area contributed by atoms with Crippen LogP contribution in [0.1, 0.15) is 31.7 Å². The Labute approximate surface area is 95.5 Å². The van der Waals surface area contributed by atoms with E-state index < -0.39 is 0 Å². The molecule has 2 heterocycles. The van der Waals surface area contributed by atoms with Crippen LogP contribution in [0.15, 0.2) is 35.3 Å². The zero-order valence-electron chi connectivity index (χ0n) is 9.52. The summed E-state index contributed by atoms with van der Waals surface area (Å²) in [4.78, 5) is 4.10. The van der Waals surface area contributed by atoms with Crippen LogP contribution in [0.5, 0.6) is 0 Å². The molecule has 0 unspecified atom stereocenters. The van der Waals surface area contributed by atoms with Gasteiger partial charge in [0.25, 0.3) is 0 Å². The van der Waals surface area contributed by atoms with E-state index in [-0.39, 0.29) is 0 Å². The summed E-state index contributed by atoms with van der Waals surface area (Å²) in [5.74, 6) is 0.